The van der Waals surface area contributed by atoms with Crippen molar-refractivity contribution in [2.45, 2.75) is 13.3 Å². The molecule has 5 heteroatoms. The molecule has 0 fully saturated rings. The molecular formula is C8H11N5. The van der Waals surface area contributed by atoms with Crippen molar-refractivity contribution in [1.29, 1.82) is 5.26 Å². The first kappa shape index (κ1) is 9.26. The predicted molar refractivity (Wildman–Crippen MR) is 49.9 cm³/mol. The number of nitrogens with two attached hydrogens (primary N) is 1. The smallest absolute Gasteiger partial charge is 0.222 e. The van der Waals surface area contributed by atoms with E-state index >= 15 is 0 Å². The Labute approximate surface area is 76.6 Å². The fourth-order valence-corrected chi connectivity index (χ4v) is 0.929. The summed E-state index contributed by atoms with van der Waals surface area (Å²) >= 11 is 0. The van der Waals surface area contributed by atoms with Crippen LogP contribution < -0.4 is 11.1 Å². The molecule has 0 bridgehead atoms. The van der Waals surface area contributed by atoms with Gasteiger partial charge in [-0.25, -0.2) is 4.98 Å². The van der Waals surface area contributed by atoms with Crippen LogP contribution in [-0.4, -0.2) is 16.5 Å². The molecule has 1 aromatic heterocycles. The van der Waals surface area contributed by atoms with Crippen LogP contribution in [0.25, 0.3) is 0 Å². The average molecular weight is 177 g/mol. The quantitative estimate of drug-likeness (QED) is 0.663. The second kappa shape index (κ2) is 4.26. The molecule has 13 heavy (non-hydrogen) atoms. The van der Waals surface area contributed by atoms with Gasteiger partial charge in [-0.05, 0) is 6.92 Å². The molecule has 3 N–H and O–H groups in total. The summed E-state index contributed by atoms with van der Waals surface area (Å²) in [4.78, 5) is 7.88. The molecule has 0 spiro atoms. The fourth-order valence-electron chi connectivity index (χ4n) is 0.929. The molecule has 0 radical (unpaired) electrons. The van der Waals surface area contributed by atoms with Crippen LogP contribution in [0.5, 0.6) is 0 Å². The molecule has 0 aliphatic carbocycles. The number of nitrogens with one attached hydrogen (secondary N) is 1. The lowest BCUT2D eigenvalue weighted by Crippen LogP contribution is -2.05. The minimum Gasteiger partial charge on any atom is -0.369 e. The Bertz CT molecular complexity index is 308. The maximum atomic E-state index is 8.31. The Kier molecular flexibility index (Phi) is 3.03. The highest BCUT2D eigenvalue weighted by Gasteiger charge is 1.97. The van der Waals surface area contributed by atoms with Gasteiger partial charge in [-0.15, -0.1) is 0 Å². The van der Waals surface area contributed by atoms with Gasteiger partial charge in [0.15, 0.2) is 0 Å². The molecule has 0 amide bonds. The van der Waals surface area contributed by atoms with Crippen LogP contribution in [0.3, 0.4) is 0 Å². The number of rotatable bonds is 3. The molecule has 0 aromatic carbocycles. The van der Waals surface area contributed by atoms with Crippen LogP contribution in [0.2, 0.25) is 0 Å². The van der Waals surface area contributed by atoms with Crippen LogP contribution in [0, 0.1) is 18.3 Å². The summed E-state index contributed by atoms with van der Waals surface area (Å²) < 4.78 is 0. The van der Waals surface area contributed by atoms with Crippen molar-refractivity contribution in [3.8, 4) is 6.07 Å². The Morgan fingerprint density at radius 3 is 3.00 bits per heavy atom. The van der Waals surface area contributed by atoms with Crippen molar-refractivity contribution in [2.24, 2.45) is 0 Å². The van der Waals surface area contributed by atoms with Crippen LogP contribution in [-0.2, 0) is 0 Å². The molecule has 0 saturated carbocycles. The van der Waals surface area contributed by atoms with E-state index in [2.05, 4.69) is 15.3 Å². The van der Waals surface area contributed by atoms with Crippen molar-refractivity contribution < 1.29 is 0 Å². The predicted octanol–water partition coefficient (Wildman–Crippen LogP) is 0.693. The monoisotopic (exact) mass is 177 g/mol. The van der Waals surface area contributed by atoms with Crippen molar-refractivity contribution >= 4 is 11.8 Å². The maximum absolute atomic E-state index is 8.31. The van der Waals surface area contributed by atoms with Gasteiger partial charge in [0.25, 0.3) is 0 Å². The lowest BCUT2D eigenvalue weighted by Gasteiger charge is -2.03. The van der Waals surface area contributed by atoms with Crippen LogP contribution >= 0.6 is 0 Å². The molecule has 1 rings (SSSR count). The molecule has 0 aliphatic heterocycles. The first-order valence-electron chi connectivity index (χ1n) is 3.94. The number of nitriles is 1. The van der Waals surface area contributed by atoms with Crippen molar-refractivity contribution in [2.75, 3.05) is 17.6 Å². The third-order valence-electron chi connectivity index (χ3n) is 1.41. The van der Waals surface area contributed by atoms with Crippen molar-refractivity contribution in [1.82, 2.24) is 9.97 Å². The highest BCUT2D eigenvalue weighted by Crippen LogP contribution is 2.06. The van der Waals surface area contributed by atoms with Gasteiger partial charge in [0, 0.05) is 18.3 Å². The molecule has 0 saturated heterocycles. The van der Waals surface area contributed by atoms with E-state index in [1.54, 1.807) is 6.07 Å². The lowest BCUT2D eigenvalue weighted by atomic mass is 10.4. The number of aryl methyl sites for hydroxylation is 1. The normalized spacial score (nSPS) is 9.23. The number of hydrogen-bond donors (Lipinski definition) is 2. The Hall–Kier alpha value is -1.83. The van der Waals surface area contributed by atoms with Crippen LogP contribution in [0.1, 0.15) is 12.1 Å². The van der Waals surface area contributed by atoms with Gasteiger partial charge in [0.05, 0.1) is 12.5 Å². The van der Waals surface area contributed by atoms with Crippen LogP contribution in [0.4, 0.5) is 11.8 Å². The third-order valence-corrected chi connectivity index (χ3v) is 1.41. The summed E-state index contributed by atoms with van der Waals surface area (Å²) in [5, 5.41) is 11.3. The molecule has 1 heterocycles. The van der Waals surface area contributed by atoms with Gasteiger partial charge in [-0.3, -0.25) is 0 Å². The molecular weight excluding hydrogens is 166 g/mol. The summed E-state index contributed by atoms with van der Waals surface area (Å²) in [6, 6.07) is 3.82. The van der Waals surface area contributed by atoms with Gasteiger partial charge in [0.1, 0.15) is 5.82 Å². The standard InChI is InChI=1S/C8H11N5/c1-6-5-7(11-4-2-3-9)13-8(10)12-6/h5H,2,4H2,1H3,(H3,10,11,12,13). The number of hydrogen-bond acceptors (Lipinski definition) is 5. The van der Waals surface area contributed by atoms with Gasteiger partial charge in [-0.1, -0.05) is 0 Å². The maximum Gasteiger partial charge on any atom is 0.222 e. The Balaban J connectivity index is 2.62. The summed E-state index contributed by atoms with van der Waals surface area (Å²) in [7, 11) is 0. The van der Waals surface area contributed by atoms with Crippen molar-refractivity contribution in [3.63, 3.8) is 0 Å². The highest BCUT2D eigenvalue weighted by molar-refractivity contribution is 5.40. The number of aromatic nitrogens is 2. The number of nitrogen functional groups attached to an aromatic ring is 1. The Morgan fingerprint density at radius 2 is 2.38 bits per heavy atom. The van der Waals surface area contributed by atoms with E-state index in [0.717, 1.165) is 5.69 Å². The lowest BCUT2D eigenvalue weighted by molar-refractivity contribution is 1.03. The summed E-state index contributed by atoms with van der Waals surface area (Å²) in [6.45, 7) is 2.42. The second-order valence-electron chi connectivity index (χ2n) is 2.59. The minimum atomic E-state index is 0.249. The van der Waals surface area contributed by atoms with E-state index in [1.807, 2.05) is 13.0 Å². The summed E-state index contributed by atoms with van der Waals surface area (Å²) in [6.07, 6.45) is 0.447. The minimum absolute atomic E-state index is 0.249. The van der Waals surface area contributed by atoms with Gasteiger partial charge in [-0.2, -0.15) is 10.2 Å². The zero-order valence-electron chi connectivity index (χ0n) is 7.41. The molecule has 0 unspecified atom stereocenters. The van der Waals surface area contributed by atoms with E-state index in [0.29, 0.717) is 18.8 Å². The first-order chi connectivity index (χ1) is 6.22. The number of nitrogens with zero attached hydrogens (tertiary/aromatic N) is 3. The zero-order valence-corrected chi connectivity index (χ0v) is 7.41. The Morgan fingerprint density at radius 1 is 1.62 bits per heavy atom. The van der Waals surface area contributed by atoms with E-state index in [1.165, 1.54) is 0 Å². The van der Waals surface area contributed by atoms with E-state index < -0.39 is 0 Å². The van der Waals surface area contributed by atoms with Gasteiger partial charge in [0.2, 0.25) is 5.95 Å². The number of anilines is 2. The largest absolute Gasteiger partial charge is 0.369 e. The average Bonchev–Trinajstić information content (AvgIpc) is 2.03. The van der Waals surface area contributed by atoms with Gasteiger partial charge >= 0.3 is 0 Å². The molecule has 1 aromatic rings. The topological polar surface area (TPSA) is 87.6 Å². The van der Waals surface area contributed by atoms with E-state index in [-0.39, 0.29) is 5.95 Å². The van der Waals surface area contributed by atoms with E-state index in [9.17, 15) is 0 Å². The van der Waals surface area contributed by atoms with Gasteiger partial charge < -0.3 is 11.1 Å². The van der Waals surface area contributed by atoms with Crippen LogP contribution in [0.15, 0.2) is 6.07 Å². The summed E-state index contributed by atoms with van der Waals surface area (Å²) in [5.41, 5.74) is 6.25. The molecule has 68 valence electrons. The highest BCUT2D eigenvalue weighted by atomic mass is 15.1. The molecule has 0 aliphatic rings. The first-order valence-corrected chi connectivity index (χ1v) is 3.94. The molecule has 0 atom stereocenters. The molecule has 5 nitrogen and oxygen atoms in total. The second-order valence-corrected chi connectivity index (χ2v) is 2.59. The third kappa shape index (κ3) is 2.95. The van der Waals surface area contributed by atoms with E-state index in [4.69, 9.17) is 11.0 Å². The zero-order chi connectivity index (χ0) is 9.68. The SMILES string of the molecule is Cc1cc(NCCC#N)nc(N)n1. The summed E-state index contributed by atoms with van der Waals surface area (Å²) in [5.74, 6) is 0.916. The fraction of sp³-hybridized carbons (Fsp3) is 0.375. The van der Waals surface area contributed by atoms with Crippen molar-refractivity contribution in [3.05, 3.63) is 11.8 Å².